The highest BCUT2D eigenvalue weighted by Crippen LogP contribution is 2.29. The lowest BCUT2D eigenvalue weighted by Gasteiger charge is -2.16. The van der Waals surface area contributed by atoms with Crippen molar-refractivity contribution >= 4 is 11.6 Å². The molecule has 0 aliphatic carbocycles. The van der Waals surface area contributed by atoms with Crippen molar-refractivity contribution < 1.29 is 36.9 Å². The quantitative estimate of drug-likeness (QED) is 0.438. The number of ether oxygens (including phenoxy) is 2. The van der Waals surface area contributed by atoms with Crippen molar-refractivity contribution in [2.24, 2.45) is 0 Å². The largest absolute Gasteiger partial charge is 0.480 e. The highest BCUT2D eigenvalue weighted by Gasteiger charge is 2.31. The third-order valence-electron chi connectivity index (χ3n) is 4.88. The molecule has 1 amide bonds. The first-order valence-electron chi connectivity index (χ1n) is 10.4. The number of aryl methyl sites for hydroxylation is 2. The van der Waals surface area contributed by atoms with Crippen LogP contribution in [0.1, 0.15) is 34.4 Å². The number of nitrogens with one attached hydrogen (secondary N) is 1. The summed E-state index contributed by atoms with van der Waals surface area (Å²) < 4.78 is 65.0. The molecule has 3 rings (SSSR count). The predicted octanol–water partition coefficient (Wildman–Crippen LogP) is 2.29. The smallest absolute Gasteiger partial charge is 0.422 e. The molecule has 36 heavy (non-hydrogen) atoms. The van der Waals surface area contributed by atoms with Crippen molar-refractivity contribution in [2.45, 2.75) is 40.1 Å². The normalized spacial score (nSPS) is 11.5. The third-order valence-corrected chi connectivity index (χ3v) is 4.88. The molecule has 194 valence electrons. The van der Waals surface area contributed by atoms with Gasteiger partial charge in [-0.15, -0.1) is 5.10 Å². The van der Waals surface area contributed by atoms with Crippen LogP contribution in [0.2, 0.25) is 0 Å². The lowest BCUT2D eigenvalue weighted by molar-refractivity contribution is -0.154. The number of carbonyl (C=O) groups is 1. The predicted molar refractivity (Wildman–Crippen MR) is 117 cm³/mol. The number of anilines is 1. The van der Waals surface area contributed by atoms with Crippen LogP contribution in [0.5, 0.6) is 11.8 Å². The average Bonchev–Trinajstić information content (AvgIpc) is 3.13. The van der Waals surface area contributed by atoms with E-state index in [4.69, 9.17) is 9.47 Å². The van der Waals surface area contributed by atoms with Crippen molar-refractivity contribution in [3.05, 3.63) is 51.1 Å². The van der Waals surface area contributed by atoms with E-state index >= 15 is 4.39 Å². The van der Waals surface area contributed by atoms with Gasteiger partial charge < -0.3 is 19.9 Å². The number of pyridine rings is 2. The lowest BCUT2D eigenvalue weighted by atomic mass is 10.2. The number of amides is 1. The fourth-order valence-corrected chi connectivity index (χ4v) is 3.33. The number of hydrogen-bond acceptors (Lipinski definition) is 8. The molecule has 0 aliphatic rings. The summed E-state index contributed by atoms with van der Waals surface area (Å²) in [5, 5.41) is 15.6. The van der Waals surface area contributed by atoms with Gasteiger partial charge in [-0.1, -0.05) is 0 Å². The summed E-state index contributed by atoms with van der Waals surface area (Å²) in [5.74, 6) is -4.14. The van der Waals surface area contributed by atoms with Crippen molar-refractivity contribution in [3.63, 3.8) is 0 Å². The second-order valence-electron chi connectivity index (χ2n) is 7.48. The van der Waals surface area contributed by atoms with Crippen molar-refractivity contribution in [1.29, 1.82) is 0 Å². The maximum absolute atomic E-state index is 15.1. The topological polar surface area (TPSA) is 133 Å². The van der Waals surface area contributed by atoms with Gasteiger partial charge in [-0.05, 0) is 38.5 Å². The second-order valence-corrected chi connectivity index (χ2v) is 7.48. The molecule has 0 radical (unpaired) electrons. The molecule has 3 aromatic rings. The minimum absolute atomic E-state index is 0.0249. The summed E-state index contributed by atoms with van der Waals surface area (Å²) in [6.45, 7) is 2.44. The monoisotopic (exact) mass is 514 g/mol. The molecule has 3 heterocycles. The molecular weight excluding hydrogens is 492 g/mol. The lowest BCUT2D eigenvalue weighted by Crippen LogP contribution is -2.27. The molecule has 0 bridgehead atoms. The Bertz CT molecular complexity index is 1350. The van der Waals surface area contributed by atoms with Gasteiger partial charge in [0.15, 0.2) is 24.1 Å². The Balaban J connectivity index is 2.12. The molecule has 0 aliphatic heterocycles. The maximum atomic E-state index is 15.1. The minimum Gasteiger partial charge on any atom is -0.480 e. The highest BCUT2D eigenvalue weighted by atomic mass is 19.4. The Labute approximate surface area is 201 Å². The molecule has 0 saturated heterocycles. The number of nitrogens with zero attached hydrogens (tertiary/aromatic N) is 5. The maximum Gasteiger partial charge on any atom is 0.422 e. The number of halogens is 4. The summed E-state index contributed by atoms with van der Waals surface area (Å²) in [5.41, 5.74) is -0.396. The van der Waals surface area contributed by atoms with Gasteiger partial charge in [-0.3, -0.25) is 9.36 Å². The third kappa shape index (κ3) is 5.45. The summed E-state index contributed by atoms with van der Waals surface area (Å²) >= 11 is 0. The highest BCUT2D eigenvalue weighted by molar-refractivity contribution is 6.07. The van der Waals surface area contributed by atoms with Crippen LogP contribution in [0.3, 0.4) is 0 Å². The molecule has 0 aromatic carbocycles. The molecule has 15 heteroatoms. The molecule has 0 atom stereocenters. The number of aliphatic hydroxyl groups is 1. The van der Waals surface area contributed by atoms with Gasteiger partial charge in [-0.2, -0.15) is 22.8 Å². The van der Waals surface area contributed by atoms with E-state index in [9.17, 15) is 27.9 Å². The zero-order chi connectivity index (χ0) is 26.8. The van der Waals surface area contributed by atoms with Gasteiger partial charge in [0.2, 0.25) is 11.8 Å². The van der Waals surface area contributed by atoms with Crippen LogP contribution < -0.4 is 20.5 Å². The van der Waals surface area contributed by atoms with E-state index in [1.807, 2.05) is 0 Å². The standard InChI is InChI=1S/C21H22F4N6O5/c1-5-30-14(8-32)29-31(20(30)34)16-13(22)7-12(18(28-16)36-9-21(23,24)25)17(33)27-15-10(2)6-11(3)26-19(15)35-4/h6-7,32H,5,8-9H2,1-4H3,(H,27,33). The number of carbonyl (C=O) groups excluding carboxylic acids is 1. The van der Waals surface area contributed by atoms with Crippen LogP contribution in [0.25, 0.3) is 5.82 Å². The van der Waals surface area contributed by atoms with Crippen LogP contribution >= 0.6 is 0 Å². The van der Waals surface area contributed by atoms with Crippen molar-refractivity contribution in [1.82, 2.24) is 24.3 Å². The van der Waals surface area contributed by atoms with Gasteiger partial charge in [0.25, 0.3) is 5.91 Å². The van der Waals surface area contributed by atoms with E-state index in [1.165, 1.54) is 7.11 Å². The Hall–Kier alpha value is -4.01. The number of methoxy groups -OCH3 is 1. The summed E-state index contributed by atoms with van der Waals surface area (Å²) in [4.78, 5) is 33.4. The minimum atomic E-state index is -4.81. The average molecular weight is 514 g/mol. The molecule has 11 nitrogen and oxygen atoms in total. The summed E-state index contributed by atoms with van der Waals surface area (Å²) in [6, 6.07) is 2.19. The zero-order valence-corrected chi connectivity index (χ0v) is 19.6. The first-order valence-corrected chi connectivity index (χ1v) is 10.4. The second kappa shape index (κ2) is 10.3. The van der Waals surface area contributed by atoms with Gasteiger partial charge in [-0.25, -0.2) is 14.2 Å². The Morgan fingerprint density at radius 1 is 1.19 bits per heavy atom. The van der Waals surface area contributed by atoms with Gasteiger partial charge in [0, 0.05) is 12.2 Å². The van der Waals surface area contributed by atoms with Crippen molar-refractivity contribution in [2.75, 3.05) is 19.0 Å². The van der Waals surface area contributed by atoms with Crippen LogP contribution in [0.4, 0.5) is 23.2 Å². The Morgan fingerprint density at radius 3 is 2.44 bits per heavy atom. The first kappa shape index (κ1) is 26.6. The first-order chi connectivity index (χ1) is 16.9. The summed E-state index contributed by atoms with van der Waals surface area (Å²) in [7, 11) is 1.30. The Morgan fingerprint density at radius 2 is 1.89 bits per heavy atom. The van der Waals surface area contributed by atoms with Crippen LogP contribution in [0, 0.1) is 19.7 Å². The number of aromatic nitrogens is 5. The number of alkyl halides is 3. The van der Waals surface area contributed by atoms with E-state index < -0.39 is 54.1 Å². The molecule has 0 fully saturated rings. The number of aliphatic hydroxyl groups excluding tert-OH is 1. The zero-order valence-electron chi connectivity index (χ0n) is 19.6. The van der Waals surface area contributed by atoms with Crippen LogP contribution in [-0.2, 0) is 13.2 Å². The molecule has 0 saturated carbocycles. The van der Waals surface area contributed by atoms with E-state index in [0.717, 1.165) is 4.57 Å². The molecule has 0 spiro atoms. The van der Waals surface area contributed by atoms with E-state index in [-0.39, 0.29) is 23.9 Å². The van der Waals surface area contributed by atoms with Crippen LogP contribution in [-0.4, -0.2) is 55.2 Å². The van der Waals surface area contributed by atoms with Gasteiger partial charge in [0.05, 0.1) is 7.11 Å². The van der Waals surface area contributed by atoms with Gasteiger partial charge >= 0.3 is 11.9 Å². The van der Waals surface area contributed by atoms with E-state index in [1.54, 1.807) is 26.8 Å². The number of hydrogen-bond donors (Lipinski definition) is 2. The van der Waals surface area contributed by atoms with Crippen LogP contribution in [0.15, 0.2) is 16.9 Å². The molecular formula is C21H22F4N6O5. The SMILES string of the molecule is CCn1c(CO)nn(-c2nc(OCC(F)(F)F)c(C(=O)Nc3c(C)cc(C)nc3OC)cc2F)c1=O. The van der Waals surface area contributed by atoms with Crippen molar-refractivity contribution in [3.8, 4) is 17.6 Å². The Kier molecular flexibility index (Phi) is 7.62. The van der Waals surface area contributed by atoms with E-state index in [2.05, 4.69) is 20.4 Å². The fourth-order valence-electron chi connectivity index (χ4n) is 3.33. The number of rotatable bonds is 8. The molecule has 2 N–H and O–H groups in total. The molecule has 3 aromatic heterocycles. The summed E-state index contributed by atoms with van der Waals surface area (Å²) in [6.07, 6.45) is -4.81. The fraction of sp³-hybridized carbons (Fsp3) is 0.381. The van der Waals surface area contributed by atoms with E-state index in [0.29, 0.717) is 22.0 Å². The van der Waals surface area contributed by atoms with Gasteiger partial charge in [0.1, 0.15) is 17.9 Å². The molecule has 0 unspecified atom stereocenters.